The van der Waals surface area contributed by atoms with Gasteiger partial charge in [0.2, 0.25) is 21.9 Å². The summed E-state index contributed by atoms with van der Waals surface area (Å²) in [6.07, 6.45) is 5.33. The van der Waals surface area contributed by atoms with Gasteiger partial charge < -0.3 is 21.1 Å². The fourth-order valence-electron chi connectivity index (χ4n) is 4.30. The number of sulfonamides is 1. The molecular formula is C20H28Cl2N6O4S. The number of carbonyl (C=O) groups excluding carboxylic acids is 1. The van der Waals surface area contributed by atoms with E-state index in [9.17, 15) is 18.3 Å². The predicted molar refractivity (Wildman–Crippen MR) is 131 cm³/mol. The Hall–Kier alpha value is -2.18. The van der Waals surface area contributed by atoms with Crippen molar-refractivity contribution in [3.8, 4) is 0 Å². The molecule has 10 nitrogen and oxygen atoms in total. The molecule has 0 saturated heterocycles. The number of aliphatic hydroxyl groups excluding tert-OH is 1. The highest BCUT2D eigenvalue weighted by molar-refractivity contribution is 7.89. The second kappa shape index (κ2) is 10.8. The average Bonchev–Trinajstić information content (AvgIpc) is 3.27. The van der Waals surface area contributed by atoms with E-state index >= 15 is 0 Å². The maximum Gasteiger partial charge on any atom is 0.244 e. The van der Waals surface area contributed by atoms with Crippen LogP contribution in [0.25, 0.3) is 10.8 Å². The first-order valence-electron chi connectivity index (χ1n) is 10.1. The maximum absolute atomic E-state index is 13.7. The summed E-state index contributed by atoms with van der Waals surface area (Å²) < 4.78 is 32.0. The Kier molecular flexibility index (Phi) is 8.88. The van der Waals surface area contributed by atoms with E-state index in [4.69, 9.17) is 17.5 Å². The van der Waals surface area contributed by atoms with Crippen LogP contribution >= 0.6 is 24.2 Å². The summed E-state index contributed by atoms with van der Waals surface area (Å²) in [5.74, 6) is -0.311. The minimum absolute atomic E-state index is 0. The van der Waals surface area contributed by atoms with Gasteiger partial charge in [0.25, 0.3) is 0 Å². The number of likely N-dealkylation sites (N-methyl/N-ethyl adjacent to an activating group) is 1. The fourth-order valence-corrected chi connectivity index (χ4v) is 6.16. The van der Waals surface area contributed by atoms with Crippen LogP contribution in [-0.4, -0.2) is 72.4 Å². The predicted octanol–water partition coefficient (Wildman–Crippen LogP) is 1.92. The molecule has 1 aromatic carbocycles. The molecule has 0 atom stereocenters. The zero-order chi connectivity index (χ0) is 23.5. The van der Waals surface area contributed by atoms with Gasteiger partial charge in [-0.1, -0.05) is 18.9 Å². The second-order valence-corrected chi connectivity index (χ2v) is 9.94. The molecule has 0 bridgehead atoms. The number of fused-ring (bicyclic) bond motifs is 1. The lowest BCUT2D eigenvalue weighted by Crippen LogP contribution is -2.59. The van der Waals surface area contributed by atoms with E-state index in [1.807, 2.05) is 0 Å². The molecule has 1 fully saturated rings. The van der Waals surface area contributed by atoms with Crippen LogP contribution in [0.2, 0.25) is 0 Å². The zero-order valence-corrected chi connectivity index (χ0v) is 20.8. The van der Waals surface area contributed by atoms with E-state index in [0.29, 0.717) is 29.3 Å². The Morgan fingerprint density at radius 2 is 1.97 bits per heavy atom. The Labute approximate surface area is 204 Å². The van der Waals surface area contributed by atoms with Gasteiger partial charge >= 0.3 is 0 Å². The molecule has 0 spiro atoms. The summed E-state index contributed by atoms with van der Waals surface area (Å²) in [6.45, 7) is -0.579. The monoisotopic (exact) mass is 518 g/mol. The van der Waals surface area contributed by atoms with Crippen LogP contribution in [-0.2, 0) is 14.8 Å². The van der Waals surface area contributed by atoms with Gasteiger partial charge in [-0.15, -0.1) is 16.9 Å². The van der Waals surface area contributed by atoms with Gasteiger partial charge in [-0.05, 0) is 25.0 Å². The number of β-amino-alcohol motifs (C(OH)–C–C–N with tert-alkyl or cyclic N) is 1. The molecule has 0 aliphatic heterocycles. The van der Waals surface area contributed by atoms with E-state index < -0.39 is 22.2 Å². The van der Waals surface area contributed by atoms with Crippen molar-refractivity contribution in [2.75, 3.05) is 32.6 Å². The van der Waals surface area contributed by atoms with E-state index in [1.54, 1.807) is 20.2 Å². The van der Waals surface area contributed by atoms with Gasteiger partial charge in [-0.25, -0.2) is 8.42 Å². The van der Waals surface area contributed by atoms with Gasteiger partial charge in [0.1, 0.15) is 5.54 Å². The standard InChI is InChI=1S/C20H27ClN6O4S.ClH/c1-26(2)18(29)20(7-3-4-8-20)27(9-10-28)32(30,31)15-5-6-16-14(11-15)12-23-13-17(16)24-19(22)25-21;/h5-6,11-13,28H,3-4,7-10H2,1-2H3,(H3,22,24,25);1H. The third kappa shape index (κ3) is 5.17. The molecule has 4 N–H and O–H groups in total. The number of anilines is 1. The summed E-state index contributed by atoms with van der Waals surface area (Å²) in [5.41, 5.74) is 4.92. The molecule has 1 aromatic heterocycles. The number of nitrogens with one attached hydrogen (secondary N) is 1. The van der Waals surface area contributed by atoms with Crippen LogP contribution in [0.4, 0.5) is 5.69 Å². The summed E-state index contributed by atoms with van der Waals surface area (Å²) in [4.78, 5) is 18.7. The number of nitrogens with two attached hydrogens (primary N) is 1. The second-order valence-electron chi connectivity index (χ2n) is 7.90. The Morgan fingerprint density at radius 3 is 2.55 bits per heavy atom. The number of nitrogens with zero attached hydrogens (tertiary/aromatic N) is 4. The van der Waals surface area contributed by atoms with Crippen molar-refractivity contribution in [3.63, 3.8) is 0 Å². The molecule has 1 aliphatic carbocycles. The van der Waals surface area contributed by atoms with Crippen molar-refractivity contribution in [3.05, 3.63) is 30.6 Å². The lowest BCUT2D eigenvalue weighted by Gasteiger charge is -2.40. The van der Waals surface area contributed by atoms with Crippen LogP contribution in [0.1, 0.15) is 25.7 Å². The Balaban J connectivity index is 0.00000385. The van der Waals surface area contributed by atoms with Crippen molar-refractivity contribution >= 4 is 62.5 Å². The number of hydrogen-bond donors (Lipinski definition) is 3. The number of aromatic nitrogens is 1. The van der Waals surface area contributed by atoms with E-state index in [-0.39, 0.29) is 35.7 Å². The maximum atomic E-state index is 13.7. The molecule has 1 heterocycles. The van der Waals surface area contributed by atoms with Crippen LogP contribution in [0.5, 0.6) is 0 Å². The van der Waals surface area contributed by atoms with Crippen molar-refractivity contribution < 1.29 is 18.3 Å². The molecule has 3 rings (SSSR count). The van der Waals surface area contributed by atoms with Crippen LogP contribution in [0, 0.1) is 0 Å². The summed E-state index contributed by atoms with van der Waals surface area (Å²) in [7, 11) is -0.889. The topological polar surface area (TPSA) is 141 Å². The Morgan fingerprint density at radius 1 is 1.30 bits per heavy atom. The van der Waals surface area contributed by atoms with E-state index in [1.165, 1.54) is 33.7 Å². The smallest absolute Gasteiger partial charge is 0.244 e. The number of guanidine groups is 1. The van der Waals surface area contributed by atoms with Crippen LogP contribution in [0.15, 0.2) is 40.0 Å². The summed E-state index contributed by atoms with van der Waals surface area (Å²) in [6, 6.07) is 4.58. The normalized spacial score (nSPS) is 16.0. The number of amides is 1. The lowest BCUT2D eigenvalue weighted by atomic mass is 9.95. The largest absolute Gasteiger partial charge is 0.395 e. The number of benzene rings is 1. The number of aliphatic hydroxyl groups is 1. The molecule has 1 amide bonds. The lowest BCUT2D eigenvalue weighted by molar-refractivity contribution is -0.139. The number of pyridine rings is 1. The number of carbonyl (C=O) groups is 1. The molecule has 0 unspecified atom stereocenters. The summed E-state index contributed by atoms with van der Waals surface area (Å²) >= 11 is 5.37. The molecule has 1 saturated carbocycles. The minimum atomic E-state index is -4.11. The molecule has 1 aliphatic rings. The highest BCUT2D eigenvalue weighted by Crippen LogP contribution is 2.40. The SMILES string of the molecule is CN(C)C(=O)C1(N(CCO)S(=O)(=O)c2ccc3c(NC(N)=NCl)cncc3c2)CCCC1.Cl. The van der Waals surface area contributed by atoms with Gasteiger partial charge in [0.15, 0.2) is 0 Å². The van der Waals surface area contributed by atoms with Gasteiger partial charge in [0, 0.05) is 49.4 Å². The number of rotatable bonds is 7. The highest BCUT2D eigenvalue weighted by atomic mass is 35.5. The first kappa shape index (κ1) is 27.1. The van der Waals surface area contributed by atoms with Gasteiger partial charge in [-0.2, -0.15) is 4.31 Å². The quantitative estimate of drug-likeness (QED) is 0.375. The van der Waals surface area contributed by atoms with E-state index in [2.05, 4.69) is 14.8 Å². The van der Waals surface area contributed by atoms with E-state index in [0.717, 1.165) is 12.8 Å². The van der Waals surface area contributed by atoms with Gasteiger partial charge in [0.05, 0.1) is 23.4 Å². The van der Waals surface area contributed by atoms with Crippen molar-refractivity contribution in [2.45, 2.75) is 36.1 Å². The average molecular weight is 519 g/mol. The highest BCUT2D eigenvalue weighted by Gasteiger charge is 2.51. The third-order valence-corrected chi connectivity index (χ3v) is 7.83. The molecule has 33 heavy (non-hydrogen) atoms. The number of hydrogen-bond acceptors (Lipinski definition) is 6. The van der Waals surface area contributed by atoms with Crippen LogP contribution in [0.3, 0.4) is 0 Å². The molecule has 0 radical (unpaired) electrons. The molecule has 13 heteroatoms. The van der Waals surface area contributed by atoms with Gasteiger partial charge in [-0.3, -0.25) is 9.78 Å². The third-order valence-electron chi connectivity index (χ3n) is 5.69. The summed E-state index contributed by atoms with van der Waals surface area (Å²) in [5, 5.41) is 13.7. The Bertz CT molecular complexity index is 1140. The first-order valence-corrected chi connectivity index (χ1v) is 11.9. The van der Waals surface area contributed by atoms with Crippen molar-refractivity contribution in [1.82, 2.24) is 14.2 Å². The first-order chi connectivity index (χ1) is 15.2. The number of halogens is 2. The molecule has 182 valence electrons. The molecule has 2 aromatic rings. The van der Waals surface area contributed by atoms with Crippen molar-refractivity contribution in [1.29, 1.82) is 0 Å². The zero-order valence-electron chi connectivity index (χ0n) is 18.4. The molecular weight excluding hydrogens is 491 g/mol. The minimum Gasteiger partial charge on any atom is -0.395 e. The fraction of sp³-hybridized carbons (Fsp3) is 0.450. The van der Waals surface area contributed by atoms with Crippen LogP contribution < -0.4 is 11.1 Å². The van der Waals surface area contributed by atoms with Crippen molar-refractivity contribution in [2.24, 2.45) is 10.2 Å².